The van der Waals surface area contributed by atoms with Crippen LogP contribution in [0.2, 0.25) is 0 Å². The Morgan fingerprint density at radius 1 is 1.48 bits per heavy atom. The number of hydrogen-bond acceptors (Lipinski definition) is 6. The van der Waals surface area contributed by atoms with Gasteiger partial charge < -0.3 is 0 Å². The molecular formula is C11H10FN3O4S2. The fourth-order valence-corrected chi connectivity index (χ4v) is 3.25. The third kappa shape index (κ3) is 3.40. The highest BCUT2D eigenvalue weighted by Crippen LogP contribution is 2.25. The van der Waals surface area contributed by atoms with E-state index in [-0.39, 0.29) is 17.0 Å². The third-order valence-corrected chi connectivity index (χ3v) is 4.66. The number of benzene rings is 1. The van der Waals surface area contributed by atoms with Crippen LogP contribution in [0.15, 0.2) is 27.9 Å². The summed E-state index contributed by atoms with van der Waals surface area (Å²) >= 11 is 1.31. The molecule has 2 aromatic rings. The van der Waals surface area contributed by atoms with E-state index in [4.69, 9.17) is 0 Å². The van der Waals surface area contributed by atoms with Gasteiger partial charge in [-0.05, 0) is 18.6 Å². The standard InChI is InChI=1S/C11H10FN3O4S2/c1-7-2-9(3-10(11(7)12)15(16)17)21(18,19)14-4-8-5-20-6-13-8/h2-3,5-6,14H,4H2,1H3. The molecule has 0 bridgehead atoms. The molecule has 7 nitrogen and oxygen atoms in total. The highest BCUT2D eigenvalue weighted by atomic mass is 32.2. The Balaban J connectivity index is 2.33. The van der Waals surface area contributed by atoms with Gasteiger partial charge in [-0.25, -0.2) is 18.1 Å². The maximum Gasteiger partial charge on any atom is 0.306 e. The molecule has 0 spiro atoms. The number of halogens is 1. The lowest BCUT2D eigenvalue weighted by Gasteiger charge is -2.07. The van der Waals surface area contributed by atoms with Crippen LogP contribution in [0.5, 0.6) is 0 Å². The van der Waals surface area contributed by atoms with Gasteiger partial charge in [-0.15, -0.1) is 11.3 Å². The van der Waals surface area contributed by atoms with Gasteiger partial charge in [0.05, 0.1) is 27.6 Å². The summed E-state index contributed by atoms with van der Waals surface area (Å²) in [6, 6.07) is 1.75. The molecule has 0 radical (unpaired) electrons. The first kappa shape index (κ1) is 15.5. The van der Waals surface area contributed by atoms with Crippen molar-refractivity contribution >= 4 is 27.0 Å². The highest BCUT2D eigenvalue weighted by molar-refractivity contribution is 7.89. The van der Waals surface area contributed by atoms with Gasteiger partial charge in [-0.3, -0.25) is 10.1 Å². The number of hydrogen-bond donors (Lipinski definition) is 1. The molecule has 10 heteroatoms. The minimum absolute atomic E-state index is 0.0456. The molecule has 0 saturated heterocycles. The lowest BCUT2D eigenvalue weighted by Crippen LogP contribution is -2.23. The first-order valence-electron chi connectivity index (χ1n) is 5.62. The molecule has 0 aliphatic carbocycles. The van der Waals surface area contributed by atoms with Gasteiger partial charge in [0.1, 0.15) is 0 Å². The molecule has 0 atom stereocenters. The average Bonchev–Trinajstić information content (AvgIpc) is 2.92. The van der Waals surface area contributed by atoms with E-state index in [0.717, 1.165) is 6.07 Å². The predicted molar refractivity (Wildman–Crippen MR) is 73.9 cm³/mol. The van der Waals surface area contributed by atoms with Gasteiger partial charge in [0.25, 0.3) is 0 Å². The van der Waals surface area contributed by atoms with Gasteiger partial charge in [0, 0.05) is 11.4 Å². The average molecular weight is 331 g/mol. The van der Waals surface area contributed by atoms with Crippen LogP contribution < -0.4 is 4.72 Å². The summed E-state index contributed by atoms with van der Waals surface area (Å²) in [7, 11) is -3.99. The number of sulfonamides is 1. The number of aryl methyl sites for hydroxylation is 1. The first-order valence-corrected chi connectivity index (χ1v) is 8.05. The lowest BCUT2D eigenvalue weighted by molar-refractivity contribution is -0.387. The summed E-state index contributed by atoms with van der Waals surface area (Å²) in [4.78, 5) is 13.3. The van der Waals surface area contributed by atoms with Crippen LogP contribution in [0.1, 0.15) is 11.3 Å². The summed E-state index contributed by atoms with van der Waals surface area (Å²) in [5.41, 5.74) is 1.09. The summed E-state index contributed by atoms with van der Waals surface area (Å²) in [5, 5.41) is 12.4. The van der Waals surface area contributed by atoms with Crippen molar-refractivity contribution in [3.05, 3.63) is 50.2 Å². The Morgan fingerprint density at radius 3 is 2.76 bits per heavy atom. The second-order valence-corrected chi connectivity index (χ2v) is 6.62. The van der Waals surface area contributed by atoms with Crippen LogP contribution in [0.25, 0.3) is 0 Å². The van der Waals surface area contributed by atoms with Crippen LogP contribution in [0.3, 0.4) is 0 Å². The van der Waals surface area contributed by atoms with Crippen molar-refractivity contribution in [1.82, 2.24) is 9.71 Å². The molecule has 1 aromatic heterocycles. The number of thiazole rings is 1. The first-order chi connectivity index (χ1) is 9.81. The van der Waals surface area contributed by atoms with Gasteiger partial charge in [0.2, 0.25) is 15.8 Å². The minimum atomic E-state index is -3.99. The third-order valence-electron chi connectivity index (χ3n) is 2.64. The number of nitro benzene ring substituents is 1. The SMILES string of the molecule is Cc1cc(S(=O)(=O)NCc2cscn2)cc([N+](=O)[O-])c1F. The predicted octanol–water partition coefficient (Wildman–Crippen LogP) is 1.98. The Morgan fingerprint density at radius 2 is 2.19 bits per heavy atom. The maximum atomic E-state index is 13.6. The molecular weight excluding hydrogens is 321 g/mol. The molecule has 0 unspecified atom stereocenters. The van der Waals surface area contributed by atoms with E-state index >= 15 is 0 Å². The van der Waals surface area contributed by atoms with E-state index < -0.39 is 26.5 Å². The quantitative estimate of drug-likeness (QED) is 0.666. The van der Waals surface area contributed by atoms with Crippen molar-refractivity contribution in [2.45, 2.75) is 18.4 Å². The number of rotatable bonds is 5. The molecule has 21 heavy (non-hydrogen) atoms. The van der Waals surface area contributed by atoms with Crippen LogP contribution in [-0.4, -0.2) is 18.3 Å². The number of nitrogens with zero attached hydrogens (tertiary/aromatic N) is 2. The van der Waals surface area contributed by atoms with Crippen LogP contribution >= 0.6 is 11.3 Å². The minimum Gasteiger partial charge on any atom is -0.258 e. The molecule has 0 fully saturated rings. The molecule has 1 heterocycles. The van der Waals surface area contributed by atoms with Crippen molar-refractivity contribution < 1.29 is 17.7 Å². The van der Waals surface area contributed by atoms with E-state index in [1.165, 1.54) is 18.3 Å². The summed E-state index contributed by atoms with van der Waals surface area (Å²) in [5.74, 6) is -1.04. The second-order valence-electron chi connectivity index (χ2n) is 4.13. The molecule has 1 N–H and O–H groups in total. The largest absolute Gasteiger partial charge is 0.306 e. The topological polar surface area (TPSA) is 102 Å². The summed E-state index contributed by atoms with van der Waals surface area (Å²) < 4.78 is 40.0. The van der Waals surface area contributed by atoms with Crippen LogP contribution in [0, 0.1) is 22.9 Å². The second kappa shape index (κ2) is 5.84. The van der Waals surface area contributed by atoms with Crippen LogP contribution in [0.4, 0.5) is 10.1 Å². The summed E-state index contributed by atoms with van der Waals surface area (Å²) in [6.45, 7) is 1.22. The Bertz CT molecular complexity index is 775. The summed E-state index contributed by atoms with van der Waals surface area (Å²) in [6.07, 6.45) is 0. The highest BCUT2D eigenvalue weighted by Gasteiger charge is 2.23. The van der Waals surface area contributed by atoms with E-state index in [1.807, 2.05) is 0 Å². The maximum absolute atomic E-state index is 13.6. The molecule has 1 aromatic carbocycles. The monoisotopic (exact) mass is 331 g/mol. The van der Waals surface area contributed by atoms with Gasteiger partial charge in [-0.2, -0.15) is 4.39 Å². The fraction of sp³-hybridized carbons (Fsp3) is 0.182. The zero-order chi connectivity index (χ0) is 15.6. The molecule has 112 valence electrons. The van der Waals surface area contributed by atoms with Gasteiger partial charge >= 0.3 is 5.69 Å². The number of aromatic nitrogens is 1. The van der Waals surface area contributed by atoms with Crippen molar-refractivity contribution in [3.8, 4) is 0 Å². The van der Waals surface area contributed by atoms with Gasteiger partial charge in [-0.1, -0.05) is 0 Å². The Labute approximate surface area is 123 Å². The van der Waals surface area contributed by atoms with E-state index in [2.05, 4.69) is 9.71 Å². The molecule has 0 aliphatic heterocycles. The molecule has 0 amide bonds. The zero-order valence-electron chi connectivity index (χ0n) is 10.7. The van der Waals surface area contributed by atoms with E-state index in [9.17, 15) is 22.9 Å². The van der Waals surface area contributed by atoms with E-state index in [0.29, 0.717) is 11.8 Å². The fourth-order valence-electron chi connectivity index (χ4n) is 1.58. The number of nitro groups is 1. The number of nitrogens with one attached hydrogen (secondary N) is 1. The Hall–Kier alpha value is -1.91. The van der Waals surface area contributed by atoms with Gasteiger partial charge in [0.15, 0.2) is 0 Å². The van der Waals surface area contributed by atoms with Crippen molar-refractivity contribution in [1.29, 1.82) is 0 Å². The van der Waals surface area contributed by atoms with E-state index in [1.54, 1.807) is 10.9 Å². The van der Waals surface area contributed by atoms with Crippen molar-refractivity contribution in [2.75, 3.05) is 0 Å². The van der Waals surface area contributed by atoms with Crippen LogP contribution in [-0.2, 0) is 16.6 Å². The molecule has 0 aliphatic rings. The van der Waals surface area contributed by atoms with Crippen molar-refractivity contribution in [2.24, 2.45) is 0 Å². The smallest absolute Gasteiger partial charge is 0.258 e. The normalized spacial score (nSPS) is 11.5. The molecule has 0 saturated carbocycles. The zero-order valence-corrected chi connectivity index (χ0v) is 12.4. The lowest BCUT2D eigenvalue weighted by atomic mass is 10.2. The molecule has 2 rings (SSSR count). The van der Waals surface area contributed by atoms with Crippen molar-refractivity contribution in [3.63, 3.8) is 0 Å². The Kier molecular flexibility index (Phi) is 4.30.